The number of aliphatic imine (C=N–C) groups is 1. The summed E-state index contributed by atoms with van der Waals surface area (Å²) < 4.78 is 15.7. The highest BCUT2D eigenvalue weighted by Gasteiger charge is 2.22. The molecule has 1 aromatic carbocycles. The summed E-state index contributed by atoms with van der Waals surface area (Å²) in [7, 11) is 0. The van der Waals surface area contributed by atoms with Crippen molar-refractivity contribution in [2.45, 2.75) is 51.1 Å². The van der Waals surface area contributed by atoms with E-state index in [-0.39, 0.29) is 23.6 Å². The molecule has 7 nitrogen and oxygen atoms in total. The van der Waals surface area contributed by atoms with Gasteiger partial charge >= 0.3 is 0 Å². The normalized spacial score (nSPS) is 18.5. The Hall–Kier alpha value is -3.49. The van der Waals surface area contributed by atoms with Gasteiger partial charge in [0.25, 0.3) is 0 Å². The first kappa shape index (κ1) is 24.2. The summed E-state index contributed by atoms with van der Waals surface area (Å²) in [6.07, 6.45) is 12.1. The number of nitrogens with zero attached hydrogens (tertiary/aromatic N) is 4. The molecular weight excluding hydrogens is 477 g/mol. The third-order valence-electron chi connectivity index (χ3n) is 6.78. The summed E-state index contributed by atoms with van der Waals surface area (Å²) in [6, 6.07) is 8.62. The molecule has 0 unspecified atom stereocenters. The summed E-state index contributed by atoms with van der Waals surface area (Å²) in [5.74, 6) is -0.231. The van der Waals surface area contributed by atoms with Crippen molar-refractivity contribution in [1.29, 1.82) is 0 Å². The highest BCUT2D eigenvalue weighted by atomic mass is 35.5. The molecule has 5 N–H and O–H groups in total. The van der Waals surface area contributed by atoms with E-state index in [9.17, 15) is 4.39 Å². The van der Waals surface area contributed by atoms with Crippen molar-refractivity contribution in [2.24, 2.45) is 16.5 Å². The third kappa shape index (κ3) is 4.92. The van der Waals surface area contributed by atoms with Crippen LogP contribution < -0.4 is 16.8 Å². The van der Waals surface area contributed by atoms with Crippen molar-refractivity contribution in [1.82, 2.24) is 14.6 Å². The largest absolute Gasteiger partial charge is 0.383 e. The molecule has 5 rings (SSSR count). The Bertz CT molecular complexity index is 1420. The van der Waals surface area contributed by atoms with E-state index >= 15 is 0 Å². The summed E-state index contributed by atoms with van der Waals surface area (Å²) in [5.41, 5.74) is 18.5. The van der Waals surface area contributed by atoms with Gasteiger partial charge in [0, 0.05) is 42.3 Å². The van der Waals surface area contributed by atoms with Crippen LogP contribution in [-0.2, 0) is 6.42 Å². The van der Waals surface area contributed by atoms with E-state index in [1.165, 1.54) is 18.2 Å². The van der Waals surface area contributed by atoms with Gasteiger partial charge in [0.15, 0.2) is 0 Å². The van der Waals surface area contributed by atoms with E-state index in [0.717, 1.165) is 60.0 Å². The molecule has 186 valence electrons. The van der Waals surface area contributed by atoms with Crippen molar-refractivity contribution in [3.05, 3.63) is 77.1 Å². The molecular formula is C27H29ClFN7. The monoisotopic (exact) mass is 505 g/mol. The zero-order valence-corrected chi connectivity index (χ0v) is 20.8. The predicted octanol–water partition coefficient (Wildman–Crippen LogP) is 5.47. The highest BCUT2D eigenvalue weighted by Crippen LogP contribution is 2.33. The zero-order valence-electron chi connectivity index (χ0n) is 20.1. The van der Waals surface area contributed by atoms with Gasteiger partial charge in [0.2, 0.25) is 0 Å². The van der Waals surface area contributed by atoms with Crippen molar-refractivity contribution >= 4 is 34.3 Å². The predicted molar refractivity (Wildman–Crippen MR) is 143 cm³/mol. The Morgan fingerprint density at radius 3 is 2.78 bits per heavy atom. The first-order chi connectivity index (χ1) is 17.4. The van der Waals surface area contributed by atoms with E-state index in [2.05, 4.69) is 33.4 Å². The van der Waals surface area contributed by atoms with Gasteiger partial charge in [0.05, 0.1) is 33.7 Å². The van der Waals surface area contributed by atoms with Gasteiger partial charge in [-0.05, 0) is 67.5 Å². The molecule has 0 spiro atoms. The number of benzene rings is 1. The number of pyridine rings is 1. The van der Waals surface area contributed by atoms with E-state index in [1.54, 1.807) is 12.4 Å². The molecule has 9 heteroatoms. The number of nitrogens with two attached hydrogens (primary N) is 2. The van der Waals surface area contributed by atoms with Gasteiger partial charge in [-0.15, -0.1) is 0 Å². The molecule has 0 aliphatic heterocycles. The van der Waals surface area contributed by atoms with Crippen molar-refractivity contribution in [2.75, 3.05) is 5.32 Å². The smallest absolute Gasteiger partial charge is 0.135 e. The van der Waals surface area contributed by atoms with Crippen molar-refractivity contribution in [3.63, 3.8) is 0 Å². The van der Waals surface area contributed by atoms with Crippen LogP contribution in [0.3, 0.4) is 0 Å². The molecule has 4 aromatic rings. The van der Waals surface area contributed by atoms with Crippen LogP contribution in [0.15, 0.2) is 60.1 Å². The van der Waals surface area contributed by atoms with Gasteiger partial charge in [-0.25, -0.2) is 13.9 Å². The Balaban J connectivity index is 1.63. The number of hydrogen-bond acceptors (Lipinski definition) is 5. The maximum Gasteiger partial charge on any atom is 0.135 e. The Kier molecular flexibility index (Phi) is 6.89. The van der Waals surface area contributed by atoms with Crippen LogP contribution in [0.25, 0.3) is 16.6 Å². The summed E-state index contributed by atoms with van der Waals surface area (Å²) in [4.78, 5) is 8.73. The number of aromatic nitrogens is 3. The molecule has 0 saturated heterocycles. The van der Waals surface area contributed by atoms with Crippen LogP contribution in [0.5, 0.6) is 0 Å². The first-order valence-electron chi connectivity index (χ1n) is 12.2. The number of anilines is 1. The molecule has 0 amide bonds. The number of nitrogens with one attached hydrogen (secondary N) is 1. The quantitative estimate of drug-likeness (QED) is 0.238. The Morgan fingerprint density at radius 1 is 1.19 bits per heavy atom. The van der Waals surface area contributed by atoms with E-state index in [1.807, 2.05) is 23.0 Å². The number of halogens is 2. The third-order valence-corrected chi connectivity index (χ3v) is 7.10. The average Bonchev–Trinajstić information content (AvgIpc) is 3.32. The fourth-order valence-corrected chi connectivity index (χ4v) is 4.93. The van der Waals surface area contributed by atoms with Crippen molar-refractivity contribution < 1.29 is 4.39 Å². The molecule has 36 heavy (non-hydrogen) atoms. The molecule has 0 radical (unpaired) electrons. The van der Waals surface area contributed by atoms with Gasteiger partial charge < -0.3 is 16.8 Å². The average molecular weight is 506 g/mol. The summed E-state index contributed by atoms with van der Waals surface area (Å²) in [5, 5.41) is 8.65. The first-order valence-corrected chi connectivity index (χ1v) is 12.6. The number of fused-ring (bicyclic) bond motifs is 1. The number of aryl methyl sites for hydroxylation is 1. The molecule has 1 fully saturated rings. The topological polar surface area (TPSA) is 107 Å². The SMILES string of the molecule is CCc1cnccc1-c1cc2c(N[C@H]3CC[C@H](N)CC3)c(/C(N)=N/c3cc(F)ccc3Cl)cnn2c1. The lowest BCUT2D eigenvalue weighted by molar-refractivity contribution is 0.411. The second-order valence-corrected chi connectivity index (χ2v) is 9.63. The molecule has 1 saturated carbocycles. The highest BCUT2D eigenvalue weighted by molar-refractivity contribution is 6.33. The number of hydrogen-bond donors (Lipinski definition) is 3. The van der Waals surface area contributed by atoms with Gasteiger partial charge in [-0.2, -0.15) is 5.10 Å². The maximum absolute atomic E-state index is 13.8. The summed E-state index contributed by atoms with van der Waals surface area (Å²) in [6.45, 7) is 2.11. The molecule has 0 bridgehead atoms. The Labute approximate surface area is 214 Å². The minimum absolute atomic E-state index is 0.202. The lowest BCUT2D eigenvalue weighted by atomic mass is 9.91. The molecule has 3 heterocycles. The van der Waals surface area contributed by atoms with E-state index in [4.69, 9.17) is 23.1 Å². The molecule has 1 aliphatic carbocycles. The summed E-state index contributed by atoms with van der Waals surface area (Å²) >= 11 is 6.25. The van der Waals surface area contributed by atoms with Crippen LogP contribution in [0, 0.1) is 5.82 Å². The minimum atomic E-state index is -0.434. The second-order valence-electron chi connectivity index (χ2n) is 9.23. The molecule has 0 atom stereocenters. The van der Waals surface area contributed by atoms with Crippen LogP contribution in [-0.4, -0.2) is 32.5 Å². The van der Waals surface area contributed by atoms with Crippen LogP contribution in [0.1, 0.15) is 43.7 Å². The lowest BCUT2D eigenvalue weighted by Crippen LogP contribution is -2.33. The standard InChI is InChI=1S/C27H29ClFN7/c1-2-16-13-32-10-9-21(16)17-11-25-26(34-20-6-4-19(30)5-7-20)22(14-33-36(25)15-17)27(31)35-24-12-18(29)3-8-23(24)28/h3,8-15,19-20,34H,2,4-7,30H2,1H3,(H2,31,35)/t19-,20-. The fraction of sp³-hybridized carbons (Fsp3) is 0.296. The van der Waals surface area contributed by atoms with Crippen LogP contribution in [0.2, 0.25) is 5.02 Å². The Morgan fingerprint density at radius 2 is 2.00 bits per heavy atom. The van der Waals surface area contributed by atoms with Gasteiger partial charge in [0.1, 0.15) is 11.7 Å². The molecule has 1 aliphatic rings. The lowest BCUT2D eigenvalue weighted by Gasteiger charge is -2.28. The number of amidine groups is 1. The number of rotatable bonds is 6. The van der Waals surface area contributed by atoms with Crippen LogP contribution >= 0.6 is 11.6 Å². The maximum atomic E-state index is 13.8. The fourth-order valence-electron chi connectivity index (χ4n) is 4.77. The second kappa shape index (κ2) is 10.2. The zero-order chi connectivity index (χ0) is 25.2. The minimum Gasteiger partial charge on any atom is -0.383 e. The van der Waals surface area contributed by atoms with Gasteiger partial charge in [-0.1, -0.05) is 18.5 Å². The van der Waals surface area contributed by atoms with E-state index < -0.39 is 5.82 Å². The van der Waals surface area contributed by atoms with E-state index in [0.29, 0.717) is 10.6 Å². The van der Waals surface area contributed by atoms with Crippen molar-refractivity contribution in [3.8, 4) is 11.1 Å². The molecule has 3 aromatic heterocycles. The van der Waals surface area contributed by atoms with Gasteiger partial charge in [-0.3, -0.25) is 4.98 Å². The van der Waals surface area contributed by atoms with Crippen LogP contribution in [0.4, 0.5) is 15.8 Å².